The Morgan fingerprint density at radius 3 is 2.47 bits per heavy atom. The molecule has 3 aliphatic heterocycles. The standard InChI is InChI=1S/C31H32FNO5/c1-19(33-12-10-20(16-32)17-33)18-37-24-6-2-21(3-7-24)31-30-26(25-8-4-23(35)15-29(25)38-31)11-13-36-28-14-22(34)5-9-27(28)30/h2-9,14-15,19-20,31,34-35H,10-13,16-18H2,1H3. The summed E-state index contributed by atoms with van der Waals surface area (Å²) in [6.45, 7) is 4.57. The highest BCUT2D eigenvalue weighted by molar-refractivity contribution is 5.98. The first-order chi connectivity index (χ1) is 18.5. The number of hydrogen-bond donors (Lipinski definition) is 2. The van der Waals surface area contributed by atoms with E-state index in [2.05, 4.69) is 11.8 Å². The van der Waals surface area contributed by atoms with E-state index in [1.165, 1.54) is 0 Å². The molecular formula is C31H32FNO5. The van der Waals surface area contributed by atoms with E-state index in [0.717, 1.165) is 53.1 Å². The van der Waals surface area contributed by atoms with E-state index in [1.807, 2.05) is 36.4 Å². The van der Waals surface area contributed by atoms with Crippen LogP contribution in [0.4, 0.5) is 4.39 Å². The summed E-state index contributed by atoms with van der Waals surface area (Å²) in [5.41, 5.74) is 4.86. The van der Waals surface area contributed by atoms with E-state index in [0.29, 0.717) is 31.1 Å². The molecule has 0 aromatic heterocycles. The molecule has 3 aliphatic rings. The largest absolute Gasteiger partial charge is 0.508 e. The van der Waals surface area contributed by atoms with E-state index < -0.39 is 6.10 Å². The monoisotopic (exact) mass is 517 g/mol. The van der Waals surface area contributed by atoms with Gasteiger partial charge < -0.3 is 24.4 Å². The number of ether oxygens (including phenoxy) is 3. The van der Waals surface area contributed by atoms with E-state index in [4.69, 9.17) is 14.2 Å². The Bertz CT molecular complexity index is 1350. The summed E-state index contributed by atoms with van der Waals surface area (Å²) < 4.78 is 31.6. The third kappa shape index (κ3) is 4.67. The van der Waals surface area contributed by atoms with Crippen molar-refractivity contribution in [1.29, 1.82) is 0 Å². The highest BCUT2D eigenvalue weighted by atomic mass is 19.1. The van der Waals surface area contributed by atoms with Crippen molar-refractivity contribution in [2.45, 2.75) is 31.9 Å². The Labute approximate surface area is 221 Å². The van der Waals surface area contributed by atoms with Gasteiger partial charge in [-0.05, 0) is 67.4 Å². The van der Waals surface area contributed by atoms with E-state index in [-0.39, 0.29) is 30.1 Å². The van der Waals surface area contributed by atoms with Crippen LogP contribution in [-0.4, -0.2) is 54.1 Å². The zero-order chi connectivity index (χ0) is 26.2. The van der Waals surface area contributed by atoms with Crippen molar-refractivity contribution in [3.05, 3.63) is 77.4 Å². The number of alkyl halides is 1. The van der Waals surface area contributed by atoms with Crippen LogP contribution in [0.2, 0.25) is 0 Å². The van der Waals surface area contributed by atoms with Crippen molar-refractivity contribution in [2.75, 3.05) is 33.0 Å². The second kappa shape index (κ2) is 10.2. The van der Waals surface area contributed by atoms with Crippen LogP contribution in [0.25, 0.3) is 11.1 Å². The van der Waals surface area contributed by atoms with Crippen LogP contribution >= 0.6 is 0 Å². The quantitative estimate of drug-likeness (QED) is 0.419. The Hall–Kier alpha value is -3.71. The zero-order valence-electron chi connectivity index (χ0n) is 21.4. The van der Waals surface area contributed by atoms with Crippen LogP contribution in [0.5, 0.6) is 28.7 Å². The van der Waals surface area contributed by atoms with Crippen molar-refractivity contribution in [2.24, 2.45) is 5.92 Å². The first-order valence-electron chi connectivity index (χ1n) is 13.2. The second-order valence-corrected chi connectivity index (χ2v) is 10.4. The minimum atomic E-state index is -0.431. The van der Waals surface area contributed by atoms with Crippen LogP contribution in [-0.2, 0) is 0 Å². The molecule has 198 valence electrons. The molecule has 0 radical (unpaired) electrons. The lowest BCUT2D eigenvalue weighted by Gasteiger charge is -2.31. The number of fused-ring (bicyclic) bond motifs is 4. The molecule has 0 saturated carbocycles. The van der Waals surface area contributed by atoms with Gasteiger partial charge >= 0.3 is 0 Å². The van der Waals surface area contributed by atoms with Crippen molar-refractivity contribution < 1.29 is 28.8 Å². The molecule has 0 spiro atoms. The van der Waals surface area contributed by atoms with Crippen LogP contribution in [0, 0.1) is 5.92 Å². The number of aromatic hydroxyl groups is 2. The first kappa shape index (κ1) is 24.6. The summed E-state index contributed by atoms with van der Waals surface area (Å²) in [5, 5.41) is 20.2. The van der Waals surface area contributed by atoms with Crippen molar-refractivity contribution in [3.63, 3.8) is 0 Å². The summed E-state index contributed by atoms with van der Waals surface area (Å²) in [5.74, 6) is 2.45. The Morgan fingerprint density at radius 1 is 1.00 bits per heavy atom. The number of phenols is 2. The first-order valence-corrected chi connectivity index (χ1v) is 13.2. The van der Waals surface area contributed by atoms with Gasteiger partial charge in [0.2, 0.25) is 0 Å². The van der Waals surface area contributed by atoms with Gasteiger partial charge in [0, 0.05) is 53.8 Å². The molecule has 3 aromatic rings. The Balaban J connectivity index is 1.28. The minimum absolute atomic E-state index is 0.141. The fraction of sp³-hybridized carbons (Fsp3) is 0.355. The van der Waals surface area contributed by atoms with Gasteiger partial charge in [-0.2, -0.15) is 0 Å². The van der Waals surface area contributed by atoms with E-state index in [9.17, 15) is 14.6 Å². The SMILES string of the molecule is CC(COc1ccc(C2Oc3cc(O)ccc3C3=C2c2ccc(O)cc2OCC3)cc1)N1CCC(CF)C1. The average Bonchev–Trinajstić information content (AvgIpc) is 3.34. The zero-order valence-corrected chi connectivity index (χ0v) is 21.4. The van der Waals surface area contributed by atoms with Crippen LogP contribution in [0.15, 0.2) is 60.7 Å². The van der Waals surface area contributed by atoms with Gasteiger partial charge in [-0.3, -0.25) is 9.29 Å². The van der Waals surface area contributed by atoms with Crippen LogP contribution in [0.1, 0.15) is 42.6 Å². The van der Waals surface area contributed by atoms with E-state index in [1.54, 1.807) is 24.3 Å². The number of hydrogen-bond acceptors (Lipinski definition) is 6. The van der Waals surface area contributed by atoms with Gasteiger partial charge in [-0.1, -0.05) is 12.1 Å². The number of phenolic OH excluding ortho intramolecular Hbond substituents is 2. The number of benzene rings is 3. The predicted molar refractivity (Wildman–Crippen MR) is 144 cm³/mol. The van der Waals surface area contributed by atoms with Gasteiger partial charge in [0.1, 0.15) is 41.5 Å². The van der Waals surface area contributed by atoms with Crippen LogP contribution < -0.4 is 14.2 Å². The summed E-state index contributed by atoms with van der Waals surface area (Å²) in [4.78, 5) is 2.29. The normalized spacial score (nSPS) is 21.4. The smallest absolute Gasteiger partial charge is 0.150 e. The molecule has 0 aliphatic carbocycles. The minimum Gasteiger partial charge on any atom is -0.508 e. The van der Waals surface area contributed by atoms with Crippen LogP contribution in [0.3, 0.4) is 0 Å². The molecule has 1 fully saturated rings. The summed E-state index contributed by atoms with van der Waals surface area (Å²) in [6.07, 6.45) is 1.14. The van der Waals surface area contributed by atoms with Crippen molar-refractivity contribution in [1.82, 2.24) is 4.90 Å². The highest BCUT2D eigenvalue weighted by Crippen LogP contribution is 2.52. The van der Waals surface area contributed by atoms with Crippen molar-refractivity contribution in [3.8, 4) is 28.7 Å². The van der Waals surface area contributed by atoms with Gasteiger partial charge in [-0.15, -0.1) is 0 Å². The Morgan fingerprint density at radius 2 is 1.74 bits per heavy atom. The van der Waals surface area contributed by atoms with Gasteiger partial charge in [0.15, 0.2) is 0 Å². The molecule has 6 rings (SSSR count). The number of nitrogens with zero attached hydrogens (tertiary/aromatic N) is 1. The topological polar surface area (TPSA) is 71.4 Å². The van der Waals surface area contributed by atoms with Gasteiger partial charge in [-0.25, -0.2) is 0 Å². The lowest BCUT2D eigenvalue weighted by atomic mass is 9.84. The second-order valence-electron chi connectivity index (χ2n) is 10.4. The molecule has 6 nitrogen and oxygen atoms in total. The number of halogens is 1. The summed E-state index contributed by atoms with van der Waals surface area (Å²) in [7, 11) is 0. The predicted octanol–water partition coefficient (Wildman–Crippen LogP) is 5.98. The fourth-order valence-corrected chi connectivity index (χ4v) is 5.72. The lowest BCUT2D eigenvalue weighted by molar-refractivity contribution is 0.165. The maximum absolute atomic E-state index is 13.0. The molecule has 0 bridgehead atoms. The summed E-state index contributed by atoms with van der Waals surface area (Å²) >= 11 is 0. The third-order valence-corrected chi connectivity index (χ3v) is 7.82. The molecule has 3 heterocycles. The average molecular weight is 518 g/mol. The molecule has 38 heavy (non-hydrogen) atoms. The fourth-order valence-electron chi connectivity index (χ4n) is 5.72. The number of rotatable bonds is 6. The van der Waals surface area contributed by atoms with Gasteiger partial charge in [0.05, 0.1) is 13.3 Å². The molecule has 3 aromatic carbocycles. The third-order valence-electron chi connectivity index (χ3n) is 7.82. The molecule has 2 N–H and O–H groups in total. The molecule has 0 amide bonds. The van der Waals surface area contributed by atoms with Crippen molar-refractivity contribution >= 4 is 11.1 Å². The Kier molecular flexibility index (Phi) is 6.62. The summed E-state index contributed by atoms with van der Waals surface area (Å²) in [6, 6.07) is 18.5. The molecule has 3 atom stereocenters. The molecule has 3 unspecified atom stereocenters. The maximum Gasteiger partial charge on any atom is 0.150 e. The lowest BCUT2D eigenvalue weighted by Crippen LogP contribution is -2.35. The van der Waals surface area contributed by atoms with Gasteiger partial charge in [0.25, 0.3) is 0 Å². The maximum atomic E-state index is 13.0. The highest BCUT2D eigenvalue weighted by Gasteiger charge is 2.34. The number of likely N-dealkylation sites (tertiary alicyclic amines) is 1. The van der Waals surface area contributed by atoms with E-state index >= 15 is 0 Å². The molecule has 7 heteroatoms. The molecular weight excluding hydrogens is 485 g/mol. The molecule has 1 saturated heterocycles.